The van der Waals surface area contributed by atoms with Crippen LogP contribution in [0, 0.1) is 5.41 Å². The summed E-state index contributed by atoms with van der Waals surface area (Å²) in [5, 5.41) is 3.23. The number of methoxy groups -OCH3 is 1. The zero-order valence-electron chi connectivity index (χ0n) is 8.40. The number of likely N-dealkylation sites (N-methyl/N-ethyl adjacent to an activating group) is 1. The Labute approximate surface area is 70.3 Å². The maximum absolute atomic E-state index is 5.08. The summed E-state index contributed by atoms with van der Waals surface area (Å²) in [5.41, 5.74) is 0.381. The minimum Gasteiger partial charge on any atom is -0.383 e. The second-order valence-corrected chi connectivity index (χ2v) is 4.21. The Bertz CT molecular complexity index is 96.2. The van der Waals surface area contributed by atoms with E-state index in [0.29, 0.717) is 11.5 Å². The van der Waals surface area contributed by atoms with Crippen LogP contribution in [0.1, 0.15) is 27.2 Å². The Balaban J connectivity index is 3.68. The summed E-state index contributed by atoms with van der Waals surface area (Å²) < 4.78 is 5.08. The van der Waals surface area contributed by atoms with Crippen molar-refractivity contribution in [3.63, 3.8) is 0 Å². The van der Waals surface area contributed by atoms with Crippen LogP contribution in [0.3, 0.4) is 0 Å². The number of rotatable bonds is 4. The van der Waals surface area contributed by atoms with Crippen molar-refractivity contribution in [1.82, 2.24) is 5.32 Å². The summed E-state index contributed by atoms with van der Waals surface area (Å²) in [6.07, 6.45) is 1.15. The maximum Gasteiger partial charge on any atom is 0.0615 e. The highest BCUT2D eigenvalue weighted by atomic mass is 16.5. The van der Waals surface area contributed by atoms with E-state index >= 15 is 0 Å². The summed E-state index contributed by atoms with van der Waals surface area (Å²) in [4.78, 5) is 0. The first-order chi connectivity index (χ1) is 4.99. The molecule has 1 N–H and O–H groups in total. The molecule has 0 fully saturated rings. The van der Waals surface area contributed by atoms with Crippen LogP contribution in [0.5, 0.6) is 0 Å². The predicted octanol–water partition coefficient (Wildman–Crippen LogP) is 1.66. The summed E-state index contributed by atoms with van der Waals surface area (Å²) >= 11 is 0. The molecule has 11 heavy (non-hydrogen) atoms. The summed E-state index contributed by atoms with van der Waals surface area (Å²) in [6.45, 7) is 7.53. The van der Waals surface area contributed by atoms with Gasteiger partial charge in [0.05, 0.1) is 6.61 Å². The third kappa shape index (κ3) is 6.32. The number of hydrogen-bond donors (Lipinski definition) is 1. The van der Waals surface area contributed by atoms with Crippen LogP contribution in [-0.4, -0.2) is 26.8 Å². The normalized spacial score (nSPS) is 15.0. The van der Waals surface area contributed by atoms with E-state index < -0.39 is 0 Å². The van der Waals surface area contributed by atoms with E-state index in [1.54, 1.807) is 7.11 Å². The molecular weight excluding hydrogens is 138 g/mol. The molecule has 0 bridgehead atoms. The first kappa shape index (κ1) is 10.9. The molecule has 0 aliphatic heterocycles. The van der Waals surface area contributed by atoms with Crippen molar-refractivity contribution in [1.29, 1.82) is 0 Å². The molecule has 1 unspecified atom stereocenters. The van der Waals surface area contributed by atoms with Gasteiger partial charge in [0.25, 0.3) is 0 Å². The standard InChI is InChI=1S/C9H21NO/c1-9(2,3)6-8(10-4)7-11-5/h8,10H,6-7H2,1-5H3. The van der Waals surface area contributed by atoms with E-state index in [9.17, 15) is 0 Å². The number of hydrogen-bond acceptors (Lipinski definition) is 2. The zero-order valence-corrected chi connectivity index (χ0v) is 8.40. The smallest absolute Gasteiger partial charge is 0.0615 e. The van der Waals surface area contributed by atoms with Gasteiger partial charge in [-0.25, -0.2) is 0 Å². The molecule has 0 aromatic heterocycles. The van der Waals surface area contributed by atoms with Gasteiger partial charge in [-0.15, -0.1) is 0 Å². The number of nitrogens with one attached hydrogen (secondary N) is 1. The minimum absolute atomic E-state index is 0.381. The topological polar surface area (TPSA) is 21.3 Å². The van der Waals surface area contributed by atoms with Crippen molar-refractivity contribution in [2.75, 3.05) is 20.8 Å². The lowest BCUT2D eigenvalue weighted by atomic mass is 9.88. The molecule has 0 heterocycles. The van der Waals surface area contributed by atoms with E-state index in [-0.39, 0.29) is 0 Å². The molecule has 1 atom stereocenters. The van der Waals surface area contributed by atoms with E-state index in [2.05, 4.69) is 26.1 Å². The minimum atomic E-state index is 0.381. The fourth-order valence-electron chi connectivity index (χ4n) is 1.18. The quantitative estimate of drug-likeness (QED) is 0.673. The first-order valence-electron chi connectivity index (χ1n) is 4.16. The fourth-order valence-corrected chi connectivity index (χ4v) is 1.18. The van der Waals surface area contributed by atoms with Crippen molar-refractivity contribution < 1.29 is 4.74 Å². The molecule has 0 amide bonds. The lowest BCUT2D eigenvalue weighted by molar-refractivity contribution is 0.147. The molecule has 68 valence electrons. The average Bonchev–Trinajstić information content (AvgIpc) is 1.84. The molecule has 0 aromatic carbocycles. The SMILES string of the molecule is CNC(COC)CC(C)(C)C. The average molecular weight is 159 g/mol. The molecule has 0 saturated carbocycles. The van der Waals surface area contributed by atoms with E-state index in [1.165, 1.54) is 0 Å². The van der Waals surface area contributed by atoms with Gasteiger partial charge in [-0.05, 0) is 18.9 Å². The van der Waals surface area contributed by atoms with Crippen molar-refractivity contribution in [2.24, 2.45) is 5.41 Å². The molecule has 0 aromatic rings. The van der Waals surface area contributed by atoms with E-state index in [0.717, 1.165) is 13.0 Å². The van der Waals surface area contributed by atoms with Crippen LogP contribution in [0.15, 0.2) is 0 Å². The summed E-state index contributed by atoms with van der Waals surface area (Å²) in [7, 11) is 3.72. The monoisotopic (exact) mass is 159 g/mol. The van der Waals surface area contributed by atoms with Crippen molar-refractivity contribution >= 4 is 0 Å². The van der Waals surface area contributed by atoms with Gasteiger partial charge < -0.3 is 10.1 Å². The van der Waals surface area contributed by atoms with Gasteiger partial charge in [-0.3, -0.25) is 0 Å². The molecule has 0 aliphatic rings. The lowest BCUT2D eigenvalue weighted by Gasteiger charge is -2.24. The van der Waals surface area contributed by atoms with Gasteiger partial charge in [-0.1, -0.05) is 20.8 Å². The van der Waals surface area contributed by atoms with Crippen LogP contribution in [0.2, 0.25) is 0 Å². The van der Waals surface area contributed by atoms with Gasteiger partial charge in [0, 0.05) is 13.2 Å². The second kappa shape index (κ2) is 4.73. The van der Waals surface area contributed by atoms with E-state index in [4.69, 9.17) is 4.74 Å². The molecular formula is C9H21NO. The van der Waals surface area contributed by atoms with E-state index in [1.807, 2.05) is 7.05 Å². The Morgan fingerprint density at radius 2 is 1.91 bits per heavy atom. The maximum atomic E-state index is 5.08. The third-order valence-corrected chi connectivity index (χ3v) is 1.63. The van der Waals surface area contributed by atoms with Gasteiger partial charge in [0.1, 0.15) is 0 Å². The molecule has 0 radical (unpaired) electrons. The first-order valence-corrected chi connectivity index (χ1v) is 4.16. The zero-order chi connectivity index (χ0) is 8.91. The largest absolute Gasteiger partial charge is 0.383 e. The molecule has 0 saturated heterocycles. The highest BCUT2D eigenvalue weighted by molar-refractivity contribution is 4.72. The van der Waals surface area contributed by atoms with Crippen molar-refractivity contribution in [3.8, 4) is 0 Å². The van der Waals surface area contributed by atoms with Crippen LogP contribution in [0.4, 0.5) is 0 Å². The van der Waals surface area contributed by atoms with Gasteiger partial charge in [0.2, 0.25) is 0 Å². The highest BCUT2D eigenvalue weighted by Gasteiger charge is 2.16. The van der Waals surface area contributed by atoms with Gasteiger partial charge >= 0.3 is 0 Å². The Morgan fingerprint density at radius 3 is 2.18 bits per heavy atom. The summed E-state index contributed by atoms with van der Waals surface area (Å²) in [5.74, 6) is 0. The van der Waals surface area contributed by atoms with Crippen molar-refractivity contribution in [2.45, 2.75) is 33.2 Å². The fraction of sp³-hybridized carbons (Fsp3) is 1.00. The Morgan fingerprint density at radius 1 is 1.36 bits per heavy atom. The second-order valence-electron chi connectivity index (χ2n) is 4.21. The van der Waals surface area contributed by atoms with Gasteiger partial charge in [0.15, 0.2) is 0 Å². The Hall–Kier alpha value is -0.0800. The predicted molar refractivity (Wildman–Crippen MR) is 48.8 cm³/mol. The molecule has 2 nitrogen and oxygen atoms in total. The molecule has 2 heteroatoms. The molecule has 0 spiro atoms. The number of ether oxygens (including phenoxy) is 1. The third-order valence-electron chi connectivity index (χ3n) is 1.63. The Kier molecular flexibility index (Phi) is 4.69. The lowest BCUT2D eigenvalue weighted by Crippen LogP contribution is -2.33. The molecule has 0 rings (SSSR count). The highest BCUT2D eigenvalue weighted by Crippen LogP contribution is 2.20. The summed E-state index contributed by atoms with van der Waals surface area (Å²) in [6, 6.07) is 0.486. The molecule has 0 aliphatic carbocycles. The van der Waals surface area contributed by atoms with Gasteiger partial charge in [-0.2, -0.15) is 0 Å². The van der Waals surface area contributed by atoms with Crippen LogP contribution in [0.25, 0.3) is 0 Å². The van der Waals surface area contributed by atoms with Crippen LogP contribution < -0.4 is 5.32 Å². The van der Waals surface area contributed by atoms with Crippen LogP contribution >= 0.6 is 0 Å². The van der Waals surface area contributed by atoms with Crippen molar-refractivity contribution in [3.05, 3.63) is 0 Å². The van der Waals surface area contributed by atoms with Crippen LogP contribution in [-0.2, 0) is 4.74 Å².